The monoisotopic (exact) mass is 593 g/mol. The molecule has 40 heavy (non-hydrogen) atoms. The molecule has 0 amide bonds. The Morgan fingerprint density at radius 2 is 1.85 bits per heavy atom. The summed E-state index contributed by atoms with van der Waals surface area (Å²) in [7, 11) is 0. The fraction of sp³-hybridized carbons (Fsp3) is 0.345. The number of carboxylic acid groups (broad SMARTS) is 1. The Hall–Kier alpha value is -3.05. The summed E-state index contributed by atoms with van der Waals surface area (Å²) >= 11 is 12.4. The van der Waals surface area contributed by atoms with Gasteiger partial charge in [0.25, 0.3) is 5.97 Å². The molecule has 0 spiro atoms. The first-order valence-electron chi connectivity index (χ1n) is 12.6. The summed E-state index contributed by atoms with van der Waals surface area (Å²) in [4.78, 5) is 9.00. The third-order valence-electron chi connectivity index (χ3n) is 5.93. The van der Waals surface area contributed by atoms with E-state index in [0.29, 0.717) is 59.0 Å². The van der Waals surface area contributed by atoms with Crippen molar-refractivity contribution in [1.82, 2.24) is 5.32 Å². The molecule has 0 radical (unpaired) electrons. The first kappa shape index (κ1) is 31.5. The van der Waals surface area contributed by atoms with E-state index in [1.165, 1.54) is 6.07 Å². The van der Waals surface area contributed by atoms with Crippen molar-refractivity contribution in [2.24, 2.45) is 0 Å². The third kappa shape index (κ3) is 9.55. The maximum Gasteiger partial charge on any atom is 0.300 e. The Labute approximate surface area is 242 Å². The molecule has 1 heterocycles. The third-order valence-corrected chi connectivity index (χ3v) is 6.63. The van der Waals surface area contributed by atoms with E-state index < -0.39 is 12.1 Å². The molecule has 0 saturated carbocycles. The van der Waals surface area contributed by atoms with Gasteiger partial charge in [0.15, 0.2) is 17.6 Å². The van der Waals surface area contributed by atoms with Crippen molar-refractivity contribution in [2.75, 3.05) is 26.3 Å². The Kier molecular flexibility index (Phi) is 12.3. The smallest absolute Gasteiger partial charge is 0.300 e. The Balaban J connectivity index is 0.00000103. The average Bonchev–Trinajstić information content (AvgIpc) is 2.92. The minimum absolute atomic E-state index is 0.0128. The van der Waals surface area contributed by atoms with Gasteiger partial charge in [0.05, 0.1) is 25.9 Å². The van der Waals surface area contributed by atoms with Crippen LogP contribution in [0.2, 0.25) is 10.0 Å². The Morgan fingerprint density at radius 3 is 2.55 bits per heavy atom. The molecule has 3 aromatic carbocycles. The molecule has 0 saturated heterocycles. The molecule has 2 atom stereocenters. The topological polar surface area (TPSA) is 138 Å². The lowest BCUT2D eigenvalue weighted by Crippen LogP contribution is -2.33. The summed E-state index contributed by atoms with van der Waals surface area (Å²) < 4.78 is 17.7. The van der Waals surface area contributed by atoms with Crippen molar-refractivity contribution < 1.29 is 39.4 Å². The van der Waals surface area contributed by atoms with Crippen LogP contribution in [0.3, 0.4) is 0 Å². The Bertz CT molecular complexity index is 1250. The van der Waals surface area contributed by atoms with Gasteiger partial charge in [-0.25, -0.2) is 0 Å². The van der Waals surface area contributed by atoms with Crippen molar-refractivity contribution in [1.29, 1.82) is 0 Å². The van der Waals surface area contributed by atoms with Gasteiger partial charge < -0.3 is 40.0 Å². The molecule has 1 aliphatic heterocycles. The number of hydrogen-bond donors (Lipinski definition) is 5. The van der Waals surface area contributed by atoms with Gasteiger partial charge in [-0.1, -0.05) is 41.4 Å². The quantitative estimate of drug-likeness (QED) is 0.203. The second kappa shape index (κ2) is 15.7. The van der Waals surface area contributed by atoms with E-state index in [4.69, 9.17) is 47.3 Å². The summed E-state index contributed by atoms with van der Waals surface area (Å²) in [5, 5.41) is 41.1. The second-order valence-electron chi connectivity index (χ2n) is 9.08. The lowest BCUT2D eigenvalue weighted by molar-refractivity contribution is -0.134. The summed E-state index contributed by atoms with van der Waals surface area (Å²) in [5.74, 6) is 0.544. The zero-order valence-electron chi connectivity index (χ0n) is 22.0. The van der Waals surface area contributed by atoms with E-state index in [1.807, 2.05) is 18.2 Å². The first-order chi connectivity index (χ1) is 19.2. The van der Waals surface area contributed by atoms with Gasteiger partial charge in [-0.05, 0) is 60.5 Å². The number of aromatic hydroxyl groups is 1. The highest BCUT2D eigenvalue weighted by atomic mass is 35.5. The normalized spacial score (nSPS) is 14.7. The molecule has 0 aliphatic carbocycles. The number of fused-ring (bicyclic) bond motifs is 1. The number of benzene rings is 3. The van der Waals surface area contributed by atoms with Crippen molar-refractivity contribution in [3.05, 3.63) is 86.9 Å². The zero-order valence-corrected chi connectivity index (χ0v) is 23.5. The van der Waals surface area contributed by atoms with E-state index in [0.717, 1.165) is 24.5 Å². The number of nitrogens with one attached hydrogen (secondary N) is 1. The Morgan fingerprint density at radius 1 is 1.12 bits per heavy atom. The van der Waals surface area contributed by atoms with Crippen LogP contribution >= 0.6 is 23.2 Å². The maximum atomic E-state index is 10.4. The number of phenols is 1. The summed E-state index contributed by atoms with van der Waals surface area (Å²) in [5.41, 5.74) is 2.83. The number of carboxylic acids is 1. The molecule has 4 rings (SSSR count). The fourth-order valence-electron chi connectivity index (χ4n) is 3.89. The molecule has 216 valence electrons. The van der Waals surface area contributed by atoms with Crippen molar-refractivity contribution in [2.45, 2.75) is 38.8 Å². The van der Waals surface area contributed by atoms with E-state index >= 15 is 0 Å². The standard InChI is InChI=1S/C27H29Cl2NO6.C2H4O2/c28-22-2-1-3-23(29)21(22)16-34-14-20-15-35-26-7-4-17(10-27(26)36-20)8-9-30-12-25(33)18-5-6-24(32)19(11-18)13-31;1-2(3)4/h1-7,10-11,20,25,30-33H,8-9,12-16H2;1H3,(H,3,4)/t20-,25+;/m1./s1. The molecule has 1 aliphatic rings. The predicted octanol–water partition coefficient (Wildman–Crippen LogP) is 4.50. The van der Waals surface area contributed by atoms with E-state index in [1.54, 1.807) is 30.3 Å². The molecule has 9 nitrogen and oxygen atoms in total. The molecule has 3 aromatic rings. The molecular weight excluding hydrogens is 561 g/mol. The van der Waals surface area contributed by atoms with Crippen LogP contribution in [0.5, 0.6) is 17.2 Å². The summed E-state index contributed by atoms with van der Waals surface area (Å²) in [6.07, 6.45) is -0.276. The van der Waals surface area contributed by atoms with Gasteiger partial charge in [0.2, 0.25) is 0 Å². The number of aliphatic carboxylic acids is 1. The van der Waals surface area contributed by atoms with Gasteiger partial charge in [-0.2, -0.15) is 0 Å². The predicted molar refractivity (Wildman–Crippen MR) is 151 cm³/mol. The SMILES string of the molecule is CC(=O)O.OCc1cc([C@@H](O)CNCCc2ccc3c(c2)O[C@H](COCc2c(Cl)cccc2Cl)CO3)ccc1O. The van der Waals surface area contributed by atoms with E-state index in [9.17, 15) is 15.3 Å². The lowest BCUT2D eigenvalue weighted by Gasteiger charge is -2.27. The van der Waals surface area contributed by atoms with Crippen molar-refractivity contribution >= 4 is 29.2 Å². The number of hydrogen-bond acceptors (Lipinski definition) is 8. The maximum absolute atomic E-state index is 10.4. The van der Waals surface area contributed by atoms with Gasteiger partial charge >= 0.3 is 0 Å². The summed E-state index contributed by atoms with van der Waals surface area (Å²) in [6, 6.07) is 15.9. The van der Waals surface area contributed by atoms with Gasteiger partial charge in [0, 0.05) is 34.6 Å². The molecule has 0 fully saturated rings. The highest BCUT2D eigenvalue weighted by Crippen LogP contribution is 2.33. The minimum Gasteiger partial charge on any atom is -0.508 e. The number of carbonyl (C=O) groups is 1. The fourth-order valence-corrected chi connectivity index (χ4v) is 4.40. The van der Waals surface area contributed by atoms with Crippen LogP contribution < -0.4 is 14.8 Å². The highest BCUT2D eigenvalue weighted by molar-refractivity contribution is 6.35. The molecule has 0 unspecified atom stereocenters. The zero-order chi connectivity index (χ0) is 29.1. The van der Waals surface area contributed by atoms with Gasteiger partial charge in [0.1, 0.15) is 12.4 Å². The number of ether oxygens (including phenoxy) is 3. The number of aliphatic hydroxyl groups is 2. The molecule has 5 N–H and O–H groups in total. The lowest BCUT2D eigenvalue weighted by atomic mass is 10.1. The van der Waals surface area contributed by atoms with Crippen LogP contribution in [-0.4, -0.2) is 58.8 Å². The molecule has 11 heteroatoms. The largest absolute Gasteiger partial charge is 0.508 e. The van der Waals surface area contributed by atoms with Crippen molar-refractivity contribution in [3.63, 3.8) is 0 Å². The number of rotatable bonds is 11. The molecule has 0 aromatic heterocycles. The van der Waals surface area contributed by atoms with Crippen LogP contribution in [0.25, 0.3) is 0 Å². The van der Waals surface area contributed by atoms with E-state index in [2.05, 4.69) is 5.32 Å². The van der Waals surface area contributed by atoms with Gasteiger partial charge in [-0.3, -0.25) is 4.79 Å². The van der Waals surface area contributed by atoms with Gasteiger partial charge in [-0.15, -0.1) is 0 Å². The van der Waals surface area contributed by atoms with Crippen LogP contribution in [0, 0.1) is 0 Å². The van der Waals surface area contributed by atoms with Crippen LogP contribution in [0.4, 0.5) is 0 Å². The van der Waals surface area contributed by atoms with Crippen LogP contribution in [-0.2, 0) is 29.2 Å². The van der Waals surface area contributed by atoms with Crippen LogP contribution in [0.1, 0.15) is 35.3 Å². The van der Waals surface area contributed by atoms with Crippen molar-refractivity contribution in [3.8, 4) is 17.2 Å². The summed E-state index contributed by atoms with van der Waals surface area (Å²) in [6.45, 7) is 2.79. The minimum atomic E-state index is -0.833. The first-order valence-corrected chi connectivity index (χ1v) is 13.4. The van der Waals surface area contributed by atoms with E-state index in [-0.39, 0.29) is 25.1 Å². The second-order valence-corrected chi connectivity index (χ2v) is 9.90. The highest BCUT2D eigenvalue weighted by Gasteiger charge is 2.22. The average molecular weight is 594 g/mol. The number of halogens is 2. The molecular formula is C29H33Cl2NO8. The number of aliphatic hydroxyl groups excluding tert-OH is 2. The van der Waals surface area contributed by atoms with Crippen LogP contribution in [0.15, 0.2) is 54.6 Å². The molecule has 0 bridgehead atoms.